The van der Waals surface area contributed by atoms with Gasteiger partial charge >= 0.3 is 0 Å². The van der Waals surface area contributed by atoms with Gasteiger partial charge in [0.2, 0.25) is 17.2 Å². The molecule has 4 rings (SSSR count). The number of fused-ring (bicyclic) bond motifs is 1. The van der Waals surface area contributed by atoms with Crippen molar-refractivity contribution >= 4 is 28.8 Å². The molecule has 0 saturated carbocycles. The molecule has 0 aliphatic carbocycles. The number of piperidine rings is 2. The highest BCUT2D eigenvalue weighted by Crippen LogP contribution is 2.32. The third-order valence-corrected chi connectivity index (χ3v) is 5.19. The van der Waals surface area contributed by atoms with Crippen molar-refractivity contribution in [1.82, 2.24) is 25.6 Å². The van der Waals surface area contributed by atoms with E-state index in [0.29, 0.717) is 23.8 Å². The first-order chi connectivity index (χ1) is 12.7. The third kappa shape index (κ3) is 3.56. The average molecular weight is 359 g/mol. The second-order valence-electron chi connectivity index (χ2n) is 7.22. The molecule has 0 bridgehead atoms. The Balaban J connectivity index is 1.62. The van der Waals surface area contributed by atoms with Crippen LogP contribution in [0.4, 0.5) is 11.6 Å². The second kappa shape index (κ2) is 7.43. The van der Waals surface area contributed by atoms with Crippen LogP contribution < -0.4 is 15.1 Å². The van der Waals surface area contributed by atoms with Crippen LogP contribution in [-0.2, 0) is 4.79 Å². The Morgan fingerprint density at radius 3 is 2.38 bits per heavy atom. The van der Waals surface area contributed by atoms with Crippen molar-refractivity contribution in [1.29, 1.82) is 0 Å². The van der Waals surface area contributed by atoms with E-state index in [0.717, 1.165) is 50.7 Å². The summed E-state index contributed by atoms with van der Waals surface area (Å²) in [7, 11) is 0. The zero-order valence-electron chi connectivity index (χ0n) is 15.1. The maximum Gasteiger partial charge on any atom is 0.245 e. The molecule has 9 heteroatoms. The summed E-state index contributed by atoms with van der Waals surface area (Å²) in [5.74, 6) is 2.18. The van der Waals surface area contributed by atoms with Crippen LogP contribution in [-0.4, -0.2) is 58.9 Å². The normalized spacial score (nSPS) is 21.2. The maximum absolute atomic E-state index is 11.2. The van der Waals surface area contributed by atoms with Gasteiger partial charge in [0.1, 0.15) is 0 Å². The van der Waals surface area contributed by atoms with Gasteiger partial charge in [-0.2, -0.15) is 0 Å². The Morgan fingerprint density at radius 2 is 1.69 bits per heavy atom. The molecule has 0 spiro atoms. The average Bonchev–Trinajstić information content (AvgIpc) is 3.14. The number of rotatable bonds is 4. The number of nitrogens with zero attached hydrogens (tertiary/aromatic N) is 6. The van der Waals surface area contributed by atoms with Gasteiger partial charge in [-0.3, -0.25) is 4.79 Å². The first-order valence-electron chi connectivity index (χ1n) is 9.45. The molecule has 1 atom stereocenters. The first kappa shape index (κ1) is 17.0. The fourth-order valence-corrected chi connectivity index (χ4v) is 3.86. The molecule has 2 aromatic heterocycles. The molecular formula is C17H25N7O2. The molecule has 0 radical (unpaired) electrons. The maximum atomic E-state index is 11.2. The van der Waals surface area contributed by atoms with Crippen molar-refractivity contribution in [3.05, 3.63) is 0 Å². The van der Waals surface area contributed by atoms with E-state index in [2.05, 4.69) is 25.4 Å². The van der Waals surface area contributed by atoms with Gasteiger partial charge in [0.15, 0.2) is 11.6 Å². The Labute approximate surface area is 152 Å². The molecule has 9 nitrogen and oxygen atoms in total. The summed E-state index contributed by atoms with van der Waals surface area (Å²) in [6.45, 7) is 6.02. The fourth-order valence-electron chi connectivity index (χ4n) is 3.86. The van der Waals surface area contributed by atoms with Crippen LogP contribution in [0.3, 0.4) is 0 Å². The van der Waals surface area contributed by atoms with Crippen molar-refractivity contribution in [2.24, 2.45) is 5.92 Å². The Bertz CT molecular complexity index is 772. The van der Waals surface area contributed by atoms with Crippen molar-refractivity contribution in [3.8, 4) is 0 Å². The summed E-state index contributed by atoms with van der Waals surface area (Å²) in [6, 6.07) is 0. The van der Waals surface area contributed by atoms with E-state index < -0.39 is 0 Å². The third-order valence-electron chi connectivity index (χ3n) is 5.19. The van der Waals surface area contributed by atoms with Crippen LogP contribution in [0, 0.1) is 5.92 Å². The molecule has 2 aliphatic heterocycles. The number of amides is 1. The van der Waals surface area contributed by atoms with Gasteiger partial charge in [-0.25, -0.2) is 14.6 Å². The van der Waals surface area contributed by atoms with Crippen molar-refractivity contribution in [3.63, 3.8) is 0 Å². The minimum absolute atomic E-state index is 0.0195. The van der Waals surface area contributed by atoms with Gasteiger partial charge in [-0.15, -0.1) is 0 Å². The Kier molecular flexibility index (Phi) is 4.85. The van der Waals surface area contributed by atoms with Gasteiger partial charge in [0, 0.05) is 39.6 Å². The zero-order valence-corrected chi connectivity index (χ0v) is 15.1. The first-order valence-corrected chi connectivity index (χ1v) is 9.45. The summed E-state index contributed by atoms with van der Waals surface area (Å²) < 4.78 is 4.83. The quantitative estimate of drug-likeness (QED) is 0.873. The van der Waals surface area contributed by atoms with Crippen molar-refractivity contribution in [2.75, 3.05) is 42.5 Å². The molecular weight excluding hydrogens is 334 g/mol. The summed E-state index contributed by atoms with van der Waals surface area (Å²) in [5.41, 5.74) is 0.908. The van der Waals surface area contributed by atoms with E-state index in [1.165, 1.54) is 19.3 Å². The van der Waals surface area contributed by atoms with E-state index in [4.69, 9.17) is 14.6 Å². The molecule has 26 heavy (non-hydrogen) atoms. The lowest BCUT2D eigenvalue weighted by molar-refractivity contribution is -0.119. The molecule has 1 N–H and O–H groups in total. The summed E-state index contributed by atoms with van der Waals surface area (Å²) in [5, 5.41) is 10.7. The zero-order chi connectivity index (χ0) is 17.9. The molecule has 2 saturated heterocycles. The smallest absolute Gasteiger partial charge is 0.245 e. The van der Waals surface area contributed by atoms with Gasteiger partial charge in [0.05, 0.1) is 0 Å². The molecule has 2 aromatic rings. The van der Waals surface area contributed by atoms with Crippen LogP contribution >= 0.6 is 0 Å². The number of hydrogen-bond acceptors (Lipinski definition) is 8. The van der Waals surface area contributed by atoms with Gasteiger partial charge < -0.3 is 15.1 Å². The van der Waals surface area contributed by atoms with Gasteiger partial charge in [0.25, 0.3) is 0 Å². The highest BCUT2D eigenvalue weighted by Gasteiger charge is 2.27. The van der Waals surface area contributed by atoms with Crippen LogP contribution in [0.25, 0.3) is 11.3 Å². The number of anilines is 2. The van der Waals surface area contributed by atoms with E-state index in [9.17, 15) is 4.79 Å². The van der Waals surface area contributed by atoms with Crippen LogP contribution in [0.2, 0.25) is 0 Å². The molecule has 2 fully saturated rings. The van der Waals surface area contributed by atoms with Crippen molar-refractivity contribution in [2.45, 2.75) is 39.0 Å². The molecule has 0 aromatic carbocycles. The van der Waals surface area contributed by atoms with Gasteiger partial charge in [-0.05, 0) is 48.3 Å². The number of carbonyl (C=O) groups excluding carboxylic acids is 1. The monoisotopic (exact) mass is 359 g/mol. The second-order valence-corrected chi connectivity index (χ2v) is 7.22. The molecule has 1 amide bonds. The summed E-state index contributed by atoms with van der Waals surface area (Å²) in [4.78, 5) is 25.3. The number of hydrogen-bond donors (Lipinski definition) is 1. The highest BCUT2D eigenvalue weighted by atomic mass is 16.6. The molecule has 1 unspecified atom stereocenters. The molecule has 2 aliphatic rings. The molecule has 140 valence electrons. The minimum Gasteiger partial charge on any atom is -0.356 e. The lowest BCUT2D eigenvalue weighted by Gasteiger charge is -2.36. The van der Waals surface area contributed by atoms with E-state index in [1.54, 1.807) is 6.92 Å². The Morgan fingerprint density at radius 1 is 1.04 bits per heavy atom. The molecule has 4 heterocycles. The number of carbonyl (C=O) groups is 1. The number of nitrogens with one attached hydrogen (secondary N) is 1. The lowest BCUT2D eigenvalue weighted by atomic mass is 9.98. The SMILES string of the molecule is CC(=O)NCC1CCCN(c2nc3nonc3nc2N2CCCCC2)C1. The van der Waals surface area contributed by atoms with Crippen LogP contribution in [0.15, 0.2) is 4.63 Å². The topological polar surface area (TPSA) is 100 Å². The Hall–Kier alpha value is -2.45. The predicted octanol–water partition coefficient (Wildman–Crippen LogP) is 1.36. The standard InChI is InChI=1S/C17H25N7O2/c1-12(25)18-10-13-6-5-9-24(11-13)17-16(23-7-3-2-4-8-23)19-14-15(20-17)22-26-21-14/h13H,2-11H2,1H3,(H,18,25). The highest BCUT2D eigenvalue weighted by molar-refractivity contribution is 5.75. The van der Waals surface area contributed by atoms with Crippen LogP contribution in [0.5, 0.6) is 0 Å². The van der Waals surface area contributed by atoms with E-state index in [-0.39, 0.29) is 5.91 Å². The van der Waals surface area contributed by atoms with Crippen molar-refractivity contribution < 1.29 is 9.42 Å². The summed E-state index contributed by atoms with van der Waals surface area (Å²) >= 11 is 0. The van der Waals surface area contributed by atoms with E-state index in [1.807, 2.05) is 0 Å². The predicted molar refractivity (Wildman–Crippen MR) is 97.1 cm³/mol. The van der Waals surface area contributed by atoms with Gasteiger partial charge in [-0.1, -0.05) is 0 Å². The lowest BCUT2D eigenvalue weighted by Crippen LogP contribution is -2.42. The largest absolute Gasteiger partial charge is 0.356 e. The minimum atomic E-state index is 0.0195. The fraction of sp³-hybridized carbons (Fsp3) is 0.706. The van der Waals surface area contributed by atoms with Crippen LogP contribution in [0.1, 0.15) is 39.0 Å². The summed E-state index contributed by atoms with van der Waals surface area (Å²) in [6.07, 6.45) is 5.77. The van der Waals surface area contributed by atoms with E-state index >= 15 is 0 Å². The number of aromatic nitrogens is 4.